The monoisotopic (exact) mass is 218 g/mol. The average Bonchev–Trinajstić information content (AvgIpc) is 2.06. The molecule has 0 unspecified atom stereocenters. The molecule has 14 heavy (non-hydrogen) atoms. The number of halogens is 1. The van der Waals surface area contributed by atoms with Crippen LogP contribution in [0.1, 0.15) is 12.0 Å². The molecule has 0 bridgehead atoms. The molecule has 0 radical (unpaired) electrons. The van der Waals surface area contributed by atoms with Crippen LogP contribution in [0, 0.1) is 5.82 Å². The highest BCUT2D eigenvalue weighted by molar-refractivity contribution is 7.85. The van der Waals surface area contributed by atoms with Crippen molar-refractivity contribution in [3.05, 3.63) is 35.6 Å². The van der Waals surface area contributed by atoms with E-state index in [4.69, 9.17) is 4.55 Å². The normalized spacial score (nSPS) is 11.6. The Morgan fingerprint density at radius 2 is 1.79 bits per heavy atom. The van der Waals surface area contributed by atoms with Crippen molar-refractivity contribution in [3.63, 3.8) is 0 Å². The predicted molar refractivity (Wildman–Crippen MR) is 51.1 cm³/mol. The second kappa shape index (κ2) is 4.52. The number of hydrogen-bond acceptors (Lipinski definition) is 2. The summed E-state index contributed by atoms with van der Waals surface area (Å²) in [5, 5.41) is 0. The maximum absolute atomic E-state index is 12.5. The molecule has 0 fully saturated rings. The molecule has 1 aromatic carbocycles. The SMILES string of the molecule is O=S(=O)(O)CCCc1ccc(F)cc1. The largest absolute Gasteiger partial charge is 0.286 e. The van der Waals surface area contributed by atoms with Crippen molar-refractivity contribution in [2.45, 2.75) is 12.8 Å². The molecule has 0 atom stereocenters. The number of aryl methyl sites for hydroxylation is 1. The average molecular weight is 218 g/mol. The Kier molecular flexibility index (Phi) is 3.60. The molecule has 0 aromatic heterocycles. The molecule has 0 spiro atoms. The van der Waals surface area contributed by atoms with Crippen LogP contribution in [-0.4, -0.2) is 18.7 Å². The van der Waals surface area contributed by atoms with Crippen molar-refractivity contribution in [1.82, 2.24) is 0 Å². The number of rotatable bonds is 4. The van der Waals surface area contributed by atoms with Crippen molar-refractivity contribution in [1.29, 1.82) is 0 Å². The van der Waals surface area contributed by atoms with Gasteiger partial charge in [-0.25, -0.2) is 4.39 Å². The van der Waals surface area contributed by atoms with E-state index in [0.717, 1.165) is 5.56 Å². The van der Waals surface area contributed by atoms with Gasteiger partial charge in [0, 0.05) is 0 Å². The highest BCUT2D eigenvalue weighted by Gasteiger charge is 2.03. The lowest BCUT2D eigenvalue weighted by atomic mass is 10.1. The Morgan fingerprint density at radius 3 is 2.29 bits per heavy atom. The van der Waals surface area contributed by atoms with Gasteiger partial charge < -0.3 is 0 Å². The summed E-state index contributed by atoms with van der Waals surface area (Å²) >= 11 is 0. The third-order valence-corrected chi connectivity index (χ3v) is 2.59. The smallest absolute Gasteiger partial charge is 0.264 e. The van der Waals surface area contributed by atoms with E-state index in [1.165, 1.54) is 12.1 Å². The first-order valence-electron chi connectivity index (χ1n) is 4.17. The van der Waals surface area contributed by atoms with Gasteiger partial charge in [-0.15, -0.1) is 0 Å². The molecule has 0 aliphatic rings. The minimum atomic E-state index is -3.88. The van der Waals surface area contributed by atoms with Crippen molar-refractivity contribution >= 4 is 10.1 Å². The van der Waals surface area contributed by atoms with Gasteiger partial charge in [0.1, 0.15) is 5.82 Å². The first-order valence-corrected chi connectivity index (χ1v) is 5.78. The first kappa shape index (κ1) is 11.1. The van der Waals surface area contributed by atoms with E-state index >= 15 is 0 Å². The molecule has 1 N–H and O–H groups in total. The molecule has 5 heteroatoms. The van der Waals surface area contributed by atoms with Gasteiger partial charge >= 0.3 is 0 Å². The summed E-state index contributed by atoms with van der Waals surface area (Å²) in [6.45, 7) is 0. The second-order valence-electron chi connectivity index (χ2n) is 3.02. The van der Waals surface area contributed by atoms with Gasteiger partial charge in [-0.2, -0.15) is 8.42 Å². The van der Waals surface area contributed by atoms with E-state index < -0.39 is 10.1 Å². The zero-order chi connectivity index (χ0) is 10.6. The summed E-state index contributed by atoms with van der Waals surface area (Å²) in [6.07, 6.45) is 0.852. The van der Waals surface area contributed by atoms with Gasteiger partial charge in [0.2, 0.25) is 0 Å². The van der Waals surface area contributed by atoms with Gasteiger partial charge in [-0.3, -0.25) is 4.55 Å². The third-order valence-electron chi connectivity index (χ3n) is 1.78. The Labute approximate surface area is 82.3 Å². The third kappa shape index (κ3) is 4.34. The summed E-state index contributed by atoms with van der Waals surface area (Å²) in [4.78, 5) is 0. The lowest BCUT2D eigenvalue weighted by molar-refractivity contribution is 0.481. The Hall–Kier alpha value is -0.940. The maximum atomic E-state index is 12.5. The Bertz CT molecular complexity index is 383. The number of benzene rings is 1. The van der Waals surface area contributed by atoms with Crippen LogP contribution in [0.4, 0.5) is 4.39 Å². The van der Waals surface area contributed by atoms with E-state index in [-0.39, 0.29) is 11.6 Å². The van der Waals surface area contributed by atoms with Crippen LogP contribution in [0.25, 0.3) is 0 Å². The van der Waals surface area contributed by atoms with Gasteiger partial charge in [0.05, 0.1) is 5.75 Å². The topological polar surface area (TPSA) is 54.4 Å². The molecule has 0 aliphatic carbocycles. The zero-order valence-corrected chi connectivity index (χ0v) is 8.30. The fourth-order valence-corrected chi connectivity index (χ4v) is 1.62. The summed E-state index contributed by atoms with van der Waals surface area (Å²) in [5.74, 6) is -0.576. The molecule has 1 rings (SSSR count). The molecule has 0 aliphatic heterocycles. The van der Waals surface area contributed by atoms with Crippen LogP contribution in [-0.2, 0) is 16.5 Å². The van der Waals surface area contributed by atoms with Gasteiger partial charge in [0.15, 0.2) is 0 Å². The molecule has 78 valence electrons. The van der Waals surface area contributed by atoms with E-state index in [9.17, 15) is 12.8 Å². The molecule has 1 aromatic rings. The minimum absolute atomic E-state index is 0.260. The van der Waals surface area contributed by atoms with Crippen LogP contribution < -0.4 is 0 Å². The van der Waals surface area contributed by atoms with Gasteiger partial charge in [-0.05, 0) is 30.5 Å². The highest BCUT2D eigenvalue weighted by Crippen LogP contribution is 2.05. The summed E-state index contributed by atoms with van der Waals surface area (Å²) in [6, 6.07) is 5.84. The van der Waals surface area contributed by atoms with Crippen LogP contribution in [0.3, 0.4) is 0 Å². The Balaban J connectivity index is 2.43. The van der Waals surface area contributed by atoms with E-state index in [2.05, 4.69) is 0 Å². The minimum Gasteiger partial charge on any atom is -0.286 e. The van der Waals surface area contributed by atoms with Crippen LogP contribution in [0.2, 0.25) is 0 Å². The molecular weight excluding hydrogens is 207 g/mol. The number of hydrogen-bond donors (Lipinski definition) is 1. The lowest BCUT2D eigenvalue weighted by Crippen LogP contribution is -2.04. The van der Waals surface area contributed by atoms with Crippen molar-refractivity contribution in [3.8, 4) is 0 Å². The van der Waals surface area contributed by atoms with Crippen molar-refractivity contribution in [2.75, 3.05) is 5.75 Å². The summed E-state index contributed by atoms with van der Waals surface area (Å²) in [7, 11) is -3.88. The molecular formula is C9H11FO3S. The highest BCUT2D eigenvalue weighted by atomic mass is 32.2. The summed E-state index contributed by atoms with van der Waals surface area (Å²) < 4.78 is 41.7. The standard InChI is InChI=1S/C9H11FO3S/c10-9-5-3-8(4-6-9)2-1-7-14(11,12)13/h3-6H,1-2,7H2,(H,11,12,13). The van der Waals surface area contributed by atoms with Gasteiger partial charge in [0.25, 0.3) is 10.1 Å². The first-order chi connectivity index (χ1) is 6.47. The van der Waals surface area contributed by atoms with Crippen molar-refractivity contribution in [2.24, 2.45) is 0 Å². The lowest BCUT2D eigenvalue weighted by Gasteiger charge is -1.99. The summed E-state index contributed by atoms with van der Waals surface area (Å²) in [5.41, 5.74) is 0.857. The van der Waals surface area contributed by atoms with E-state index in [1.807, 2.05) is 0 Å². The second-order valence-corrected chi connectivity index (χ2v) is 4.59. The van der Waals surface area contributed by atoms with Gasteiger partial charge in [-0.1, -0.05) is 12.1 Å². The van der Waals surface area contributed by atoms with Crippen molar-refractivity contribution < 1.29 is 17.4 Å². The van der Waals surface area contributed by atoms with Crippen LogP contribution in [0.5, 0.6) is 0 Å². The fraction of sp³-hybridized carbons (Fsp3) is 0.333. The van der Waals surface area contributed by atoms with Crippen LogP contribution in [0.15, 0.2) is 24.3 Å². The molecule has 3 nitrogen and oxygen atoms in total. The fourth-order valence-electron chi connectivity index (χ4n) is 1.11. The quantitative estimate of drug-likeness (QED) is 0.782. The van der Waals surface area contributed by atoms with E-state index in [1.54, 1.807) is 12.1 Å². The van der Waals surface area contributed by atoms with E-state index in [0.29, 0.717) is 12.8 Å². The molecule has 0 heterocycles. The maximum Gasteiger partial charge on any atom is 0.264 e. The van der Waals surface area contributed by atoms with Crippen LogP contribution >= 0.6 is 0 Å². The Morgan fingerprint density at radius 1 is 1.21 bits per heavy atom. The molecule has 0 amide bonds. The predicted octanol–water partition coefficient (Wildman–Crippen LogP) is 1.65. The molecule has 0 saturated carbocycles. The zero-order valence-electron chi connectivity index (χ0n) is 7.48. The molecule has 0 saturated heterocycles.